The van der Waals surface area contributed by atoms with Gasteiger partial charge in [0, 0.05) is 0 Å². The van der Waals surface area contributed by atoms with Crippen molar-refractivity contribution in [2.24, 2.45) is 0 Å². The fourth-order valence-corrected chi connectivity index (χ4v) is 3.80. The lowest BCUT2D eigenvalue weighted by atomic mass is 10.6. The summed E-state index contributed by atoms with van der Waals surface area (Å²) in [5.41, 5.74) is 0. The molecule has 0 bridgehead atoms. The minimum absolute atomic E-state index is 0.790. The first-order valence-corrected chi connectivity index (χ1v) is 7.95. The second-order valence-electron chi connectivity index (χ2n) is 4.63. The van der Waals surface area contributed by atoms with E-state index in [1.807, 2.05) is 0 Å². The van der Waals surface area contributed by atoms with Crippen molar-refractivity contribution in [3.63, 3.8) is 0 Å². The molecule has 0 saturated heterocycles. The highest BCUT2D eigenvalue weighted by atomic mass is 32.3. The molecule has 0 radical (unpaired) electrons. The molecule has 11 heavy (non-hydrogen) atoms. The van der Waals surface area contributed by atoms with Crippen LogP contribution in [0.25, 0.3) is 0 Å². The van der Waals surface area contributed by atoms with Gasteiger partial charge in [0.05, 0.1) is 0 Å². The van der Waals surface area contributed by atoms with E-state index in [-0.39, 0.29) is 0 Å². The molecule has 1 heteroatoms. The molecule has 0 aromatic rings. The molecule has 0 aromatic heterocycles. The Labute approximate surface area is 72.4 Å². The Morgan fingerprint density at radius 3 is 1.91 bits per heavy atom. The van der Waals surface area contributed by atoms with Crippen LogP contribution in [0.4, 0.5) is 0 Å². The summed E-state index contributed by atoms with van der Waals surface area (Å²) in [5, 5.41) is 3.04. The molecule has 0 nitrogen and oxygen atoms in total. The summed E-state index contributed by atoms with van der Waals surface area (Å²) in [7, 11) is -1.50. The maximum Gasteiger partial charge on any atom is -0.0273 e. The van der Waals surface area contributed by atoms with Crippen LogP contribution in [0.1, 0.15) is 27.2 Å². The lowest BCUT2D eigenvalue weighted by Gasteiger charge is -2.56. The largest absolute Gasteiger partial charge is 0.271 e. The second kappa shape index (κ2) is 3.22. The Hall–Kier alpha value is 0.0900. The van der Waals surface area contributed by atoms with Gasteiger partial charge in [0.25, 0.3) is 0 Å². The third kappa shape index (κ3) is 2.26. The van der Waals surface area contributed by atoms with Gasteiger partial charge in [0.1, 0.15) is 0 Å². The molecule has 0 heterocycles. The molecular formula is C10H24S. The van der Waals surface area contributed by atoms with E-state index in [1.54, 1.807) is 0 Å². The standard InChI is InChI=1S/C10H24S/c1-7-9-11(5,6,8-2)10(3)4/h8,10-11H,2,7,9H2,1,3-6H3. The van der Waals surface area contributed by atoms with E-state index in [0.29, 0.717) is 0 Å². The first-order valence-electron chi connectivity index (χ1n) is 4.50. The second-order valence-corrected chi connectivity index (χ2v) is 11.7. The molecule has 0 rings (SSSR count). The van der Waals surface area contributed by atoms with Crippen LogP contribution < -0.4 is 0 Å². The summed E-state index contributed by atoms with van der Waals surface area (Å²) in [6.45, 7) is 10.9. The van der Waals surface area contributed by atoms with Gasteiger partial charge in [-0.2, -0.15) is 0 Å². The molecule has 0 unspecified atom stereocenters. The molecule has 0 aliphatic carbocycles. The van der Waals surface area contributed by atoms with Gasteiger partial charge in [-0.05, 0) is 29.9 Å². The van der Waals surface area contributed by atoms with Gasteiger partial charge in [-0.25, -0.2) is 0 Å². The van der Waals surface area contributed by atoms with Crippen LogP contribution in [0.3, 0.4) is 0 Å². The van der Waals surface area contributed by atoms with Gasteiger partial charge in [0.2, 0.25) is 0 Å². The fraction of sp³-hybridized carbons (Fsp3) is 0.800. The molecule has 0 atom stereocenters. The number of hydrogen-bond donors (Lipinski definition) is 1. The number of thiol groups is 1. The third-order valence-electron chi connectivity index (χ3n) is 3.22. The Balaban J connectivity index is 4.64. The van der Waals surface area contributed by atoms with Crippen molar-refractivity contribution in [1.82, 2.24) is 0 Å². The summed E-state index contributed by atoms with van der Waals surface area (Å²) in [4.78, 5) is 0. The van der Waals surface area contributed by atoms with E-state index >= 15 is 0 Å². The van der Waals surface area contributed by atoms with Crippen molar-refractivity contribution in [3.05, 3.63) is 12.0 Å². The predicted molar refractivity (Wildman–Crippen MR) is 61.3 cm³/mol. The first kappa shape index (κ1) is 11.1. The Morgan fingerprint density at radius 1 is 1.36 bits per heavy atom. The number of rotatable bonds is 4. The molecule has 0 N–H and O–H groups in total. The average Bonchev–Trinajstić information content (AvgIpc) is 1.88. The lowest BCUT2D eigenvalue weighted by molar-refractivity contribution is 1.03. The summed E-state index contributed by atoms with van der Waals surface area (Å²) < 4.78 is 0. The molecule has 0 amide bonds. The highest BCUT2D eigenvalue weighted by Gasteiger charge is 2.29. The van der Waals surface area contributed by atoms with Crippen LogP contribution in [0, 0.1) is 0 Å². The zero-order chi connectivity index (χ0) is 9.15. The topological polar surface area (TPSA) is 0 Å². The highest BCUT2D eigenvalue weighted by Crippen LogP contribution is 2.67. The van der Waals surface area contributed by atoms with E-state index in [4.69, 9.17) is 0 Å². The SMILES string of the molecule is C=C[SH](C)(C)(CCC)C(C)C. The maximum atomic E-state index is 4.00. The summed E-state index contributed by atoms with van der Waals surface area (Å²) in [5.74, 6) is 1.35. The Morgan fingerprint density at radius 2 is 1.82 bits per heavy atom. The monoisotopic (exact) mass is 176 g/mol. The molecule has 0 spiro atoms. The molecule has 0 aliphatic heterocycles. The quantitative estimate of drug-likeness (QED) is 0.624. The zero-order valence-corrected chi connectivity index (χ0v) is 9.62. The summed E-state index contributed by atoms with van der Waals surface area (Å²) in [6, 6.07) is 0. The third-order valence-corrected chi connectivity index (χ3v) is 9.67. The molecular weight excluding hydrogens is 152 g/mol. The van der Waals surface area contributed by atoms with Crippen molar-refractivity contribution in [2.45, 2.75) is 32.4 Å². The van der Waals surface area contributed by atoms with Gasteiger partial charge in [-0.15, -0.1) is 0 Å². The number of hydrogen-bond acceptors (Lipinski definition) is 0. The van der Waals surface area contributed by atoms with Crippen molar-refractivity contribution < 1.29 is 0 Å². The van der Waals surface area contributed by atoms with Crippen LogP contribution >= 0.6 is 9.16 Å². The van der Waals surface area contributed by atoms with Crippen molar-refractivity contribution >= 4 is 9.16 Å². The fourth-order valence-electron chi connectivity index (χ4n) is 1.27. The van der Waals surface area contributed by atoms with E-state index in [1.165, 1.54) is 12.2 Å². The summed E-state index contributed by atoms with van der Waals surface area (Å²) in [6.07, 6.45) is 6.16. The van der Waals surface area contributed by atoms with Gasteiger partial charge < -0.3 is 0 Å². The molecule has 70 valence electrons. The normalized spacial score (nSPS) is 16.0. The van der Waals surface area contributed by atoms with E-state index in [0.717, 1.165) is 5.25 Å². The summed E-state index contributed by atoms with van der Waals surface area (Å²) >= 11 is 0. The van der Waals surface area contributed by atoms with E-state index in [9.17, 15) is 0 Å². The van der Waals surface area contributed by atoms with Gasteiger partial charge >= 0.3 is 0 Å². The van der Waals surface area contributed by atoms with Crippen LogP contribution in [-0.2, 0) is 0 Å². The molecule has 0 fully saturated rings. The molecule has 0 saturated carbocycles. The van der Waals surface area contributed by atoms with Crippen molar-refractivity contribution in [3.8, 4) is 0 Å². The molecule has 0 aliphatic rings. The predicted octanol–water partition coefficient (Wildman–Crippen LogP) is 3.28. The lowest BCUT2D eigenvalue weighted by Crippen LogP contribution is -2.25. The Kier molecular flexibility index (Phi) is 3.25. The van der Waals surface area contributed by atoms with Gasteiger partial charge in [-0.1, -0.05) is 32.8 Å². The smallest absolute Gasteiger partial charge is 0.0273 e. The average molecular weight is 176 g/mol. The van der Waals surface area contributed by atoms with E-state index < -0.39 is 9.16 Å². The first-order chi connectivity index (χ1) is 4.85. The maximum absolute atomic E-state index is 4.00. The van der Waals surface area contributed by atoms with Crippen LogP contribution in [-0.4, -0.2) is 23.5 Å². The Bertz CT molecular complexity index is 145. The van der Waals surface area contributed by atoms with Gasteiger partial charge in [-0.3, -0.25) is 9.16 Å². The van der Waals surface area contributed by atoms with Crippen LogP contribution in [0.5, 0.6) is 0 Å². The molecule has 0 aromatic carbocycles. The minimum Gasteiger partial charge on any atom is -0.271 e. The zero-order valence-electron chi connectivity index (χ0n) is 8.72. The van der Waals surface area contributed by atoms with Crippen molar-refractivity contribution in [1.29, 1.82) is 0 Å². The van der Waals surface area contributed by atoms with Crippen LogP contribution in [0.2, 0.25) is 0 Å². The van der Waals surface area contributed by atoms with Crippen molar-refractivity contribution in [2.75, 3.05) is 18.3 Å². The van der Waals surface area contributed by atoms with E-state index in [2.05, 4.69) is 45.3 Å². The van der Waals surface area contributed by atoms with Gasteiger partial charge in [0.15, 0.2) is 0 Å². The highest BCUT2D eigenvalue weighted by molar-refractivity contribution is 8.51. The van der Waals surface area contributed by atoms with Crippen LogP contribution in [0.15, 0.2) is 12.0 Å². The minimum atomic E-state index is -1.50.